The highest BCUT2D eigenvalue weighted by molar-refractivity contribution is 7.78. The monoisotopic (exact) mass is 344 g/mol. The first kappa shape index (κ1) is 18.1. The lowest BCUT2D eigenvalue weighted by molar-refractivity contribution is -0.00000323. The van der Waals surface area contributed by atoms with Gasteiger partial charge in [0.15, 0.2) is 5.75 Å². The van der Waals surface area contributed by atoms with Gasteiger partial charge in [-0.1, -0.05) is 27.2 Å². The molecule has 92 valence electrons. The van der Waals surface area contributed by atoms with Crippen LogP contribution in [0.4, 0.5) is 0 Å². The van der Waals surface area contributed by atoms with Crippen molar-refractivity contribution in [3.05, 3.63) is 0 Å². The third-order valence-corrected chi connectivity index (χ3v) is 3.52. The van der Waals surface area contributed by atoms with E-state index in [-0.39, 0.29) is 24.0 Å². The Balaban J connectivity index is 0. The molecule has 0 bridgehead atoms. The molecule has 0 amide bonds. The second-order valence-corrected chi connectivity index (χ2v) is 4.61. The molecule has 0 radical (unpaired) electrons. The highest BCUT2D eigenvalue weighted by Gasteiger charge is 2.19. The lowest BCUT2D eigenvalue weighted by Gasteiger charge is -2.18. The third-order valence-electron chi connectivity index (χ3n) is 2.15. The van der Waals surface area contributed by atoms with Gasteiger partial charge in [0.2, 0.25) is 11.4 Å². The molecule has 0 fully saturated rings. The summed E-state index contributed by atoms with van der Waals surface area (Å²) in [7, 11) is 4.26. The van der Waals surface area contributed by atoms with Crippen LogP contribution in [0.25, 0.3) is 0 Å². The quantitative estimate of drug-likeness (QED) is 0.269. The second kappa shape index (κ2) is 11.2. The normalized spacial score (nSPS) is 12.1. The molecule has 2 nitrogen and oxygen atoms in total. The van der Waals surface area contributed by atoms with E-state index in [0.29, 0.717) is 0 Å². The largest absolute Gasteiger partial charge is 1.00 e. The molecule has 0 aromatic carbocycles. The Morgan fingerprint density at radius 2 is 1.60 bits per heavy atom. The van der Waals surface area contributed by atoms with Gasteiger partial charge in [-0.25, -0.2) is 9.80 Å². The van der Waals surface area contributed by atoms with Gasteiger partial charge in [-0.05, 0) is 14.1 Å². The van der Waals surface area contributed by atoms with Crippen LogP contribution in [0, 0.1) is 0 Å². The summed E-state index contributed by atoms with van der Waals surface area (Å²) in [6.45, 7) is 8.88. The van der Waals surface area contributed by atoms with E-state index in [1.54, 1.807) is 0 Å². The predicted octanol–water partition coefficient (Wildman–Crippen LogP) is -1.14. The van der Waals surface area contributed by atoms with E-state index < -0.39 is 0 Å². The topological polar surface area (TPSA) is 6.48 Å². The molecule has 0 aliphatic heterocycles. The van der Waals surface area contributed by atoms with E-state index in [1.165, 1.54) is 23.7 Å². The summed E-state index contributed by atoms with van der Waals surface area (Å²) < 4.78 is 0. The number of rotatable bonds is 5. The van der Waals surface area contributed by atoms with Gasteiger partial charge in [-0.3, -0.25) is 0 Å². The highest BCUT2D eigenvalue weighted by atomic mass is 127. The van der Waals surface area contributed by atoms with E-state index >= 15 is 0 Å². The summed E-state index contributed by atoms with van der Waals surface area (Å²) in [6.07, 6.45) is 2.59. The maximum Gasteiger partial charge on any atom is 0.324 e. The minimum atomic E-state index is 0. The molecule has 0 aromatic rings. The van der Waals surface area contributed by atoms with Gasteiger partial charge in [0.05, 0.1) is 0 Å². The molecule has 0 N–H and O–H groups in total. The van der Waals surface area contributed by atoms with Crippen LogP contribution in [-0.2, 0) is 11.4 Å². The minimum absolute atomic E-state index is 0. The second-order valence-electron chi connectivity index (χ2n) is 3.55. The molecule has 0 aliphatic carbocycles. The maximum atomic E-state index is 2.42. The van der Waals surface area contributed by atoms with E-state index in [1.807, 2.05) is 11.4 Å². The first-order chi connectivity index (χ1) is 6.67. The summed E-state index contributed by atoms with van der Waals surface area (Å²) >= 11 is 1.98. The van der Waals surface area contributed by atoms with Gasteiger partial charge in [0.25, 0.3) is 0 Å². The van der Waals surface area contributed by atoms with Crippen LogP contribution in [0.3, 0.4) is 0 Å². The SMILES string of the molecule is CCCC/[S+]=C(\N(C)C)N(CC)CC.[I-]. The molecule has 0 heterocycles. The van der Waals surface area contributed by atoms with Crippen LogP contribution < -0.4 is 24.0 Å². The number of nitrogens with zero attached hydrogens (tertiary/aromatic N) is 2. The smallest absolute Gasteiger partial charge is 0.324 e. The molecular weight excluding hydrogens is 319 g/mol. The number of halogens is 1. The Labute approximate surface area is 116 Å². The van der Waals surface area contributed by atoms with Gasteiger partial charge < -0.3 is 24.0 Å². The van der Waals surface area contributed by atoms with Gasteiger partial charge >= 0.3 is 5.11 Å². The number of unbranched alkanes of at least 4 members (excludes halogenated alkanes) is 1. The molecule has 0 aliphatic rings. The Bertz CT molecular complexity index is 168. The Kier molecular flexibility index (Phi) is 13.6. The highest BCUT2D eigenvalue weighted by Crippen LogP contribution is 1.95. The fourth-order valence-electron chi connectivity index (χ4n) is 1.31. The van der Waals surface area contributed by atoms with Crippen molar-refractivity contribution in [1.29, 1.82) is 0 Å². The van der Waals surface area contributed by atoms with Gasteiger partial charge in [0, 0.05) is 19.5 Å². The van der Waals surface area contributed by atoms with Crippen LogP contribution in [0.5, 0.6) is 0 Å². The molecular formula is C11H25IN2S. The van der Waals surface area contributed by atoms with E-state index in [0.717, 1.165) is 13.1 Å². The zero-order valence-corrected chi connectivity index (χ0v) is 13.7. The minimum Gasteiger partial charge on any atom is -1.00 e. The standard InChI is InChI=1S/C11H25N2S.HI/c1-6-9-10-14-11(12(4)5)13(7-2)8-3;/h6-10H2,1-5H3;1H/q+1;/p-1. The van der Waals surface area contributed by atoms with Crippen molar-refractivity contribution in [2.45, 2.75) is 33.6 Å². The molecule has 0 saturated heterocycles. The van der Waals surface area contributed by atoms with Crippen molar-refractivity contribution in [2.24, 2.45) is 0 Å². The van der Waals surface area contributed by atoms with Crippen LogP contribution in [0.15, 0.2) is 0 Å². The van der Waals surface area contributed by atoms with Crippen LogP contribution in [0.1, 0.15) is 33.6 Å². The van der Waals surface area contributed by atoms with Crippen LogP contribution in [0.2, 0.25) is 0 Å². The average Bonchev–Trinajstić information content (AvgIpc) is 2.17. The Hall–Kier alpha value is 0.740. The summed E-state index contributed by atoms with van der Waals surface area (Å²) in [5.74, 6) is 1.24. The van der Waals surface area contributed by atoms with Crippen molar-refractivity contribution in [2.75, 3.05) is 32.9 Å². The van der Waals surface area contributed by atoms with Crippen molar-refractivity contribution >= 4 is 16.5 Å². The Morgan fingerprint density at radius 3 is 1.93 bits per heavy atom. The summed E-state index contributed by atoms with van der Waals surface area (Å²) in [5.41, 5.74) is 0. The molecule has 0 rings (SSSR count). The molecule has 0 saturated carbocycles. The molecule has 0 spiro atoms. The average molecular weight is 344 g/mol. The first-order valence-electron chi connectivity index (χ1n) is 5.59. The molecule has 0 atom stereocenters. The van der Waals surface area contributed by atoms with Crippen molar-refractivity contribution < 1.29 is 24.0 Å². The number of hydrogen-bond donors (Lipinski definition) is 0. The predicted molar refractivity (Wildman–Crippen MR) is 68.8 cm³/mol. The van der Waals surface area contributed by atoms with E-state index in [2.05, 4.69) is 44.7 Å². The summed E-state index contributed by atoms with van der Waals surface area (Å²) in [6, 6.07) is 0. The molecule has 4 heteroatoms. The first-order valence-corrected chi connectivity index (χ1v) is 6.57. The zero-order chi connectivity index (χ0) is 11.0. The van der Waals surface area contributed by atoms with E-state index in [4.69, 9.17) is 0 Å². The number of hydrogen-bond acceptors (Lipinski definition) is 0. The van der Waals surface area contributed by atoms with Crippen molar-refractivity contribution in [3.63, 3.8) is 0 Å². The lowest BCUT2D eigenvalue weighted by atomic mass is 10.4. The van der Waals surface area contributed by atoms with Crippen molar-refractivity contribution in [3.8, 4) is 0 Å². The summed E-state index contributed by atoms with van der Waals surface area (Å²) in [4.78, 5) is 4.65. The fraction of sp³-hybridized carbons (Fsp3) is 0.909. The maximum absolute atomic E-state index is 2.42. The van der Waals surface area contributed by atoms with Crippen LogP contribution >= 0.6 is 0 Å². The fourth-order valence-corrected chi connectivity index (χ4v) is 2.62. The summed E-state index contributed by atoms with van der Waals surface area (Å²) in [5, 5.41) is 1.41. The Morgan fingerprint density at radius 1 is 1.07 bits per heavy atom. The molecule has 0 aromatic heterocycles. The molecule has 15 heavy (non-hydrogen) atoms. The molecule has 0 unspecified atom stereocenters. The van der Waals surface area contributed by atoms with Gasteiger partial charge in [-0.2, -0.15) is 0 Å². The van der Waals surface area contributed by atoms with Gasteiger partial charge in [0.1, 0.15) is 0 Å². The van der Waals surface area contributed by atoms with E-state index in [9.17, 15) is 0 Å². The van der Waals surface area contributed by atoms with Gasteiger partial charge in [-0.15, -0.1) is 0 Å². The van der Waals surface area contributed by atoms with Crippen molar-refractivity contribution in [1.82, 2.24) is 9.80 Å². The lowest BCUT2D eigenvalue weighted by Crippen LogP contribution is -3.00. The third kappa shape index (κ3) is 7.60. The van der Waals surface area contributed by atoms with Crippen LogP contribution in [-0.4, -0.2) is 47.8 Å². The zero-order valence-electron chi connectivity index (χ0n) is 10.7.